The Morgan fingerprint density at radius 3 is 3.00 bits per heavy atom. The number of nitrogens with one attached hydrogen (secondary N) is 2. The third-order valence-corrected chi connectivity index (χ3v) is 2.10. The van der Waals surface area contributed by atoms with Crippen LogP contribution in [0.4, 0.5) is 0 Å². The summed E-state index contributed by atoms with van der Waals surface area (Å²) in [5, 5.41) is 10.3. The summed E-state index contributed by atoms with van der Waals surface area (Å²) in [4.78, 5) is 2.27. The van der Waals surface area contributed by atoms with E-state index in [1.807, 2.05) is 6.07 Å². The molecule has 0 saturated carbocycles. The molecule has 4 nitrogen and oxygen atoms in total. The Hall–Kier alpha value is -0.870. The molecule has 1 rings (SSSR count). The van der Waals surface area contributed by atoms with E-state index in [-0.39, 0.29) is 0 Å². The van der Waals surface area contributed by atoms with E-state index in [9.17, 15) is 0 Å². The summed E-state index contributed by atoms with van der Waals surface area (Å²) in [6.45, 7) is 6.35. The number of aromatic nitrogens is 2. The van der Waals surface area contributed by atoms with Crippen molar-refractivity contribution in [2.24, 2.45) is 0 Å². The average molecular weight is 196 g/mol. The van der Waals surface area contributed by atoms with E-state index in [1.165, 1.54) is 12.1 Å². The lowest BCUT2D eigenvalue weighted by atomic mass is 10.4. The van der Waals surface area contributed by atoms with Crippen LogP contribution in [0.25, 0.3) is 0 Å². The van der Waals surface area contributed by atoms with Crippen molar-refractivity contribution in [2.45, 2.75) is 19.9 Å². The monoisotopic (exact) mass is 196 g/mol. The van der Waals surface area contributed by atoms with Crippen LogP contribution in [0.2, 0.25) is 0 Å². The molecule has 80 valence electrons. The second-order valence-corrected chi connectivity index (χ2v) is 3.57. The first-order chi connectivity index (χ1) is 6.83. The maximum atomic E-state index is 3.92. The minimum absolute atomic E-state index is 0.938. The maximum Gasteiger partial charge on any atom is 0.0492 e. The quantitative estimate of drug-likeness (QED) is 0.635. The van der Waals surface area contributed by atoms with Gasteiger partial charge in [-0.2, -0.15) is 5.10 Å². The molecule has 1 aromatic heterocycles. The predicted octanol–water partition coefficient (Wildman–Crippen LogP) is 0.841. The molecule has 0 unspecified atom stereocenters. The molecule has 0 saturated heterocycles. The number of H-pyrrole nitrogens is 1. The van der Waals surface area contributed by atoms with E-state index in [2.05, 4.69) is 34.4 Å². The molecule has 0 aliphatic heterocycles. The molecule has 0 amide bonds. The number of likely N-dealkylation sites (N-methyl/N-ethyl adjacent to an activating group) is 1. The van der Waals surface area contributed by atoms with Crippen LogP contribution in [-0.4, -0.2) is 41.8 Å². The molecule has 0 aliphatic rings. The highest BCUT2D eigenvalue weighted by Gasteiger charge is 1.99. The lowest BCUT2D eigenvalue weighted by Gasteiger charge is -2.15. The maximum absolute atomic E-state index is 3.92. The van der Waals surface area contributed by atoms with Crippen molar-refractivity contribution in [1.29, 1.82) is 0 Å². The van der Waals surface area contributed by atoms with Gasteiger partial charge in [0.05, 0.1) is 0 Å². The van der Waals surface area contributed by atoms with Gasteiger partial charge in [-0.3, -0.25) is 10.00 Å². The topological polar surface area (TPSA) is 44.0 Å². The van der Waals surface area contributed by atoms with Crippen molar-refractivity contribution >= 4 is 0 Å². The molecule has 0 aromatic carbocycles. The standard InChI is InChI=1S/C10H20N4/c1-3-5-11-7-8-14(2)9-10-4-6-12-13-10/h4,6,11H,3,5,7-9H2,1-2H3,(H,12,13). The summed E-state index contributed by atoms with van der Waals surface area (Å²) in [7, 11) is 2.12. The summed E-state index contributed by atoms with van der Waals surface area (Å²) in [6.07, 6.45) is 2.99. The van der Waals surface area contributed by atoms with Gasteiger partial charge in [0.25, 0.3) is 0 Å². The molecule has 0 radical (unpaired) electrons. The SMILES string of the molecule is CCCNCCN(C)Cc1ccn[nH]1. The van der Waals surface area contributed by atoms with E-state index >= 15 is 0 Å². The van der Waals surface area contributed by atoms with E-state index in [0.29, 0.717) is 0 Å². The Bertz CT molecular complexity index is 220. The number of hydrogen-bond donors (Lipinski definition) is 2. The minimum Gasteiger partial charge on any atom is -0.315 e. The number of nitrogens with zero attached hydrogens (tertiary/aromatic N) is 2. The van der Waals surface area contributed by atoms with Crippen LogP contribution in [0.3, 0.4) is 0 Å². The van der Waals surface area contributed by atoms with Crippen LogP contribution in [0.5, 0.6) is 0 Å². The largest absolute Gasteiger partial charge is 0.315 e. The molecular formula is C10H20N4. The van der Waals surface area contributed by atoms with Crippen LogP contribution >= 0.6 is 0 Å². The Morgan fingerprint density at radius 2 is 2.36 bits per heavy atom. The highest BCUT2D eigenvalue weighted by molar-refractivity contribution is 4.96. The fourth-order valence-electron chi connectivity index (χ4n) is 1.31. The molecule has 0 bridgehead atoms. The molecule has 4 heteroatoms. The molecule has 2 N–H and O–H groups in total. The van der Waals surface area contributed by atoms with Crippen molar-refractivity contribution in [3.8, 4) is 0 Å². The highest BCUT2D eigenvalue weighted by atomic mass is 15.2. The Labute approximate surface area is 85.7 Å². The number of aromatic amines is 1. The first-order valence-corrected chi connectivity index (χ1v) is 5.20. The predicted molar refractivity (Wildman–Crippen MR) is 58.1 cm³/mol. The molecule has 1 aromatic rings. The first-order valence-electron chi connectivity index (χ1n) is 5.20. The summed E-state index contributed by atoms with van der Waals surface area (Å²) in [6, 6.07) is 2.01. The molecule has 1 heterocycles. The Kier molecular flexibility index (Phi) is 5.25. The van der Waals surface area contributed by atoms with Gasteiger partial charge in [0, 0.05) is 31.5 Å². The van der Waals surface area contributed by atoms with Crippen molar-refractivity contribution in [3.63, 3.8) is 0 Å². The van der Waals surface area contributed by atoms with Crippen molar-refractivity contribution in [2.75, 3.05) is 26.7 Å². The second kappa shape index (κ2) is 6.56. The zero-order chi connectivity index (χ0) is 10.2. The van der Waals surface area contributed by atoms with Gasteiger partial charge in [-0.25, -0.2) is 0 Å². The summed E-state index contributed by atoms with van der Waals surface area (Å²) < 4.78 is 0. The number of rotatable bonds is 7. The van der Waals surface area contributed by atoms with E-state index in [0.717, 1.165) is 26.2 Å². The zero-order valence-corrected chi connectivity index (χ0v) is 9.08. The minimum atomic E-state index is 0.938. The van der Waals surface area contributed by atoms with Gasteiger partial charge in [0.2, 0.25) is 0 Å². The van der Waals surface area contributed by atoms with E-state index in [4.69, 9.17) is 0 Å². The van der Waals surface area contributed by atoms with Crippen molar-refractivity contribution < 1.29 is 0 Å². The van der Waals surface area contributed by atoms with E-state index < -0.39 is 0 Å². The van der Waals surface area contributed by atoms with E-state index in [1.54, 1.807) is 6.20 Å². The lowest BCUT2D eigenvalue weighted by Crippen LogP contribution is -2.29. The first kappa shape index (κ1) is 11.2. The smallest absolute Gasteiger partial charge is 0.0492 e. The van der Waals surface area contributed by atoms with Crippen molar-refractivity contribution in [3.05, 3.63) is 18.0 Å². The molecule has 0 aliphatic carbocycles. The summed E-state index contributed by atoms with van der Waals surface area (Å²) in [5.74, 6) is 0. The van der Waals surface area contributed by atoms with Gasteiger partial charge >= 0.3 is 0 Å². The molecular weight excluding hydrogens is 176 g/mol. The summed E-state index contributed by atoms with van der Waals surface area (Å²) in [5.41, 5.74) is 1.17. The fraction of sp³-hybridized carbons (Fsp3) is 0.700. The van der Waals surface area contributed by atoms with Crippen LogP contribution in [0, 0.1) is 0 Å². The Morgan fingerprint density at radius 1 is 1.50 bits per heavy atom. The molecule has 14 heavy (non-hydrogen) atoms. The fourth-order valence-corrected chi connectivity index (χ4v) is 1.31. The molecule has 0 spiro atoms. The van der Waals surface area contributed by atoms with Gasteiger partial charge in [-0.1, -0.05) is 6.92 Å². The van der Waals surface area contributed by atoms with Crippen LogP contribution in [0.1, 0.15) is 19.0 Å². The van der Waals surface area contributed by atoms with Gasteiger partial charge in [-0.05, 0) is 26.1 Å². The lowest BCUT2D eigenvalue weighted by molar-refractivity contribution is 0.320. The number of hydrogen-bond acceptors (Lipinski definition) is 3. The third-order valence-electron chi connectivity index (χ3n) is 2.10. The van der Waals surface area contributed by atoms with Gasteiger partial charge in [0.15, 0.2) is 0 Å². The van der Waals surface area contributed by atoms with Gasteiger partial charge in [-0.15, -0.1) is 0 Å². The third kappa shape index (κ3) is 4.39. The zero-order valence-electron chi connectivity index (χ0n) is 9.08. The normalized spacial score (nSPS) is 11.1. The van der Waals surface area contributed by atoms with Crippen molar-refractivity contribution in [1.82, 2.24) is 20.4 Å². The van der Waals surface area contributed by atoms with Crippen LogP contribution in [-0.2, 0) is 6.54 Å². The molecule has 0 atom stereocenters. The van der Waals surface area contributed by atoms with Gasteiger partial charge < -0.3 is 5.32 Å². The summed E-state index contributed by atoms with van der Waals surface area (Å²) >= 11 is 0. The highest BCUT2D eigenvalue weighted by Crippen LogP contribution is 1.96. The van der Waals surface area contributed by atoms with Crippen LogP contribution in [0.15, 0.2) is 12.3 Å². The second-order valence-electron chi connectivity index (χ2n) is 3.57. The Balaban J connectivity index is 2.07. The van der Waals surface area contributed by atoms with Crippen LogP contribution < -0.4 is 5.32 Å². The van der Waals surface area contributed by atoms with Gasteiger partial charge in [0.1, 0.15) is 0 Å². The molecule has 0 fully saturated rings. The average Bonchev–Trinajstić information content (AvgIpc) is 2.65.